The van der Waals surface area contributed by atoms with Gasteiger partial charge in [0, 0.05) is 5.92 Å². The predicted molar refractivity (Wildman–Crippen MR) is 59.2 cm³/mol. The largest absolute Gasteiger partial charge is 0.377 e. The Balaban J connectivity index is 1.95. The molecular weight excluding hydrogens is 172 g/mol. The molecule has 0 radical (unpaired) electrons. The van der Waals surface area contributed by atoms with Crippen molar-refractivity contribution in [1.82, 2.24) is 0 Å². The zero-order valence-corrected chi connectivity index (χ0v) is 9.24. The Labute approximate surface area is 87.5 Å². The topological polar surface area (TPSA) is 9.23 Å². The fourth-order valence-corrected chi connectivity index (χ4v) is 2.87. The summed E-state index contributed by atoms with van der Waals surface area (Å²) in [6, 6.07) is 0. The molecule has 0 aromatic heterocycles. The van der Waals surface area contributed by atoms with Gasteiger partial charge in [0.15, 0.2) is 0 Å². The minimum atomic E-state index is 0.508. The molecular formula is C13H22O. The van der Waals surface area contributed by atoms with Gasteiger partial charge in [0.25, 0.3) is 0 Å². The highest BCUT2D eigenvalue weighted by Crippen LogP contribution is 2.32. The quantitative estimate of drug-likeness (QED) is 0.580. The molecule has 0 amide bonds. The molecule has 1 heteroatoms. The summed E-state index contributed by atoms with van der Waals surface area (Å²) in [7, 11) is 0. The first-order valence-corrected chi connectivity index (χ1v) is 6.16. The second kappa shape index (κ2) is 4.97. The second-order valence-electron chi connectivity index (χ2n) is 4.81. The van der Waals surface area contributed by atoms with Crippen LogP contribution in [0.15, 0.2) is 12.2 Å². The molecule has 14 heavy (non-hydrogen) atoms. The maximum absolute atomic E-state index is 5.99. The Bertz CT molecular complexity index is 191. The van der Waals surface area contributed by atoms with Gasteiger partial charge in [-0.2, -0.15) is 0 Å². The first-order chi connectivity index (χ1) is 6.88. The highest BCUT2D eigenvalue weighted by molar-refractivity contribution is 4.95. The van der Waals surface area contributed by atoms with E-state index in [9.17, 15) is 0 Å². The lowest BCUT2D eigenvalue weighted by atomic mass is 9.81. The van der Waals surface area contributed by atoms with Gasteiger partial charge in [-0.15, -0.1) is 0 Å². The highest BCUT2D eigenvalue weighted by atomic mass is 16.5. The summed E-state index contributed by atoms with van der Waals surface area (Å²) in [6.45, 7) is 3.24. The minimum absolute atomic E-state index is 0.508. The molecule has 2 aliphatic rings. The Hall–Kier alpha value is -0.300. The first kappa shape index (κ1) is 10.2. The standard InChI is InChI=1S/C13H22O/c1-11-7-5-6-10-14-13(11)12-8-3-2-4-9-12/h5,7,11-13H,2-4,6,8-10H2,1H3/t11-,13-/m0/s1. The van der Waals surface area contributed by atoms with Crippen molar-refractivity contribution in [3.8, 4) is 0 Å². The van der Waals surface area contributed by atoms with Gasteiger partial charge in [0.2, 0.25) is 0 Å². The summed E-state index contributed by atoms with van der Waals surface area (Å²) < 4.78 is 5.99. The van der Waals surface area contributed by atoms with E-state index in [2.05, 4.69) is 19.1 Å². The zero-order chi connectivity index (χ0) is 9.80. The van der Waals surface area contributed by atoms with Crippen LogP contribution in [0.4, 0.5) is 0 Å². The first-order valence-electron chi connectivity index (χ1n) is 6.16. The van der Waals surface area contributed by atoms with Crippen molar-refractivity contribution in [2.45, 2.75) is 51.6 Å². The molecule has 1 aliphatic carbocycles. The van der Waals surface area contributed by atoms with Crippen molar-refractivity contribution >= 4 is 0 Å². The summed E-state index contributed by atoms with van der Waals surface area (Å²) in [5.41, 5.74) is 0. The van der Waals surface area contributed by atoms with Gasteiger partial charge in [0.1, 0.15) is 0 Å². The third-order valence-corrected chi connectivity index (χ3v) is 3.67. The van der Waals surface area contributed by atoms with E-state index in [1.807, 2.05) is 0 Å². The van der Waals surface area contributed by atoms with Gasteiger partial charge in [0.05, 0.1) is 12.7 Å². The fraction of sp³-hybridized carbons (Fsp3) is 0.846. The van der Waals surface area contributed by atoms with E-state index in [4.69, 9.17) is 4.74 Å². The van der Waals surface area contributed by atoms with Crippen LogP contribution < -0.4 is 0 Å². The molecule has 1 saturated carbocycles. The summed E-state index contributed by atoms with van der Waals surface area (Å²) in [5.74, 6) is 1.46. The van der Waals surface area contributed by atoms with Gasteiger partial charge in [-0.25, -0.2) is 0 Å². The van der Waals surface area contributed by atoms with E-state index < -0.39 is 0 Å². The SMILES string of the molecule is C[C@H]1C=CCCO[C@@H]1C1CCCCC1. The van der Waals surface area contributed by atoms with Crippen LogP contribution in [0.2, 0.25) is 0 Å². The Kier molecular flexibility index (Phi) is 3.63. The van der Waals surface area contributed by atoms with Crippen molar-refractivity contribution in [3.05, 3.63) is 12.2 Å². The molecule has 1 fully saturated rings. The smallest absolute Gasteiger partial charge is 0.0663 e. The Morgan fingerprint density at radius 3 is 2.71 bits per heavy atom. The Morgan fingerprint density at radius 1 is 1.14 bits per heavy atom. The summed E-state index contributed by atoms with van der Waals surface area (Å²) >= 11 is 0. The molecule has 80 valence electrons. The van der Waals surface area contributed by atoms with Gasteiger partial charge >= 0.3 is 0 Å². The predicted octanol–water partition coefficient (Wildman–Crippen LogP) is 3.55. The molecule has 0 spiro atoms. The molecule has 0 bridgehead atoms. The van der Waals surface area contributed by atoms with Crippen LogP contribution in [-0.2, 0) is 4.74 Å². The van der Waals surface area contributed by atoms with Crippen molar-refractivity contribution in [3.63, 3.8) is 0 Å². The van der Waals surface area contributed by atoms with Crippen molar-refractivity contribution < 1.29 is 4.74 Å². The lowest BCUT2D eigenvalue weighted by molar-refractivity contribution is -0.0154. The van der Waals surface area contributed by atoms with Crippen molar-refractivity contribution in [1.29, 1.82) is 0 Å². The molecule has 0 unspecified atom stereocenters. The third-order valence-electron chi connectivity index (χ3n) is 3.67. The van der Waals surface area contributed by atoms with Crippen LogP contribution >= 0.6 is 0 Å². The number of hydrogen-bond acceptors (Lipinski definition) is 1. The molecule has 0 aromatic rings. The molecule has 1 aliphatic heterocycles. The van der Waals surface area contributed by atoms with Crippen LogP contribution in [0.3, 0.4) is 0 Å². The molecule has 0 saturated heterocycles. The van der Waals surface area contributed by atoms with E-state index >= 15 is 0 Å². The average molecular weight is 194 g/mol. The fourth-order valence-electron chi connectivity index (χ4n) is 2.87. The van der Waals surface area contributed by atoms with Crippen LogP contribution in [0.1, 0.15) is 45.4 Å². The minimum Gasteiger partial charge on any atom is -0.377 e. The highest BCUT2D eigenvalue weighted by Gasteiger charge is 2.28. The van der Waals surface area contributed by atoms with Crippen LogP contribution in [-0.4, -0.2) is 12.7 Å². The summed E-state index contributed by atoms with van der Waals surface area (Å²) in [5, 5.41) is 0. The lowest BCUT2D eigenvalue weighted by Gasteiger charge is -2.32. The van der Waals surface area contributed by atoms with E-state index in [-0.39, 0.29) is 0 Å². The van der Waals surface area contributed by atoms with Crippen molar-refractivity contribution in [2.75, 3.05) is 6.61 Å². The monoisotopic (exact) mass is 194 g/mol. The van der Waals surface area contributed by atoms with Crippen LogP contribution in [0, 0.1) is 11.8 Å². The van der Waals surface area contributed by atoms with Gasteiger partial charge in [-0.3, -0.25) is 0 Å². The third kappa shape index (κ3) is 2.38. The van der Waals surface area contributed by atoms with Gasteiger partial charge in [-0.1, -0.05) is 38.3 Å². The van der Waals surface area contributed by atoms with E-state index in [0.717, 1.165) is 18.9 Å². The van der Waals surface area contributed by atoms with E-state index in [1.54, 1.807) is 0 Å². The molecule has 1 heterocycles. The lowest BCUT2D eigenvalue weighted by Crippen LogP contribution is -2.30. The number of hydrogen-bond donors (Lipinski definition) is 0. The average Bonchev–Trinajstić information content (AvgIpc) is 2.44. The normalized spacial score (nSPS) is 35.5. The number of rotatable bonds is 1. The summed E-state index contributed by atoms with van der Waals surface area (Å²) in [6.07, 6.45) is 13.3. The molecule has 2 rings (SSSR count). The zero-order valence-electron chi connectivity index (χ0n) is 9.24. The Morgan fingerprint density at radius 2 is 1.93 bits per heavy atom. The number of ether oxygens (including phenoxy) is 1. The summed E-state index contributed by atoms with van der Waals surface area (Å²) in [4.78, 5) is 0. The molecule has 0 aromatic carbocycles. The van der Waals surface area contributed by atoms with E-state index in [1.165, 1.54) is 32.1 Å². The van der Waals surface area contributed by atoms with Crippen LogP contribution in [0.5, 0.6) is 0 Å². The van der Waals surface area contributed by atoms with Gasteiger partial charge in [-0.05, 0) is 25.2 Å². The van der Waals surface area contributed by atoms with E-state index in [0.29, 0.717) is 12.0 Å². The molecule has 0 N–H and O–H groups in total. The second-order valence-corrected chi connectivity index (χ2v) is 4.81. The maximum Gasteiger partial charge on any atom is 0.0663 e. The van der Waals surface area contributed by atoms with Crippen molar-refractivity contribution in [2.24, 2.45) is 11.8 Å². The van der Waals surface area contributed by atoms with Crippen LogP contribution in [0.25, 0.3) is 0 Å². The molecule has 1 nitrogen and oxygen atoms in total. The maximum atomic E-state index is 5.99. The van der Waals surface area contributed by atoms with Gasteiger partial charge < -0.3 is 4.74 Å². The molecule has 2 atom stereocenters.